The van der Waals surface area contributed by atoms with Crippen molar-refractivity contribution in [2.45, 2.75) is 53.5 Å². The topological polar surface area (TPSA) is 38.3 Å². The maximum Gasteiger partial charge on any atom is 0.258 e. The highest BCUT2D eigenvalue weighted by Gasteiger charge is 2.20. The van der Waals surface area contributed by atoms with E-state index in [-0.39, 0.29) is 18.6 Å². The fourth-order valence-corrected chi connectivity index (χ4v) is 2.98. The van der Waals surface area contributed by atoms with Crippen LogP contribution in [0.2, 0.25) is 0 Å². The molecular formula is C18H28BrNO2. The lowest BCUT2D eigenvalue weighted by molar-refractivity contribution is -0.124. The smallest absolute Gasteiger partial charge is 0.258 e. The molecule has 0 saturated heterocycles. The Labute approximate surface area is 143 Å². The summed E-state index contributed by atoms with van der Waals surface area (Å²) in [6.07, 6.45) is 0. The van der Waals surface area contributed by atoms with E-state index >= 15 is 0 Å². The maximum atomic E-state index is 12.1. The summed E-state index contributed by atoms with van der Waals surface area (Å²) in [6, 6.07) is 6.16. The molecule has 0 bridgehead atoms. The molecule has 1 amide bonds. The first-order valence-electron chi connectivity index (χ1n) is 7.94. The first kappa shape index (κ1) is 19.0. The summed E-state index contributed by atoms with van der Waals surface area (Å²) in [6.45, 7) is 12.8. The van der Waals surface area contributed by atoms with Gasteiger partial charge < -0.3 is 10.1 Å². The van der Waals surface area contributed by atoms with Gasteiger partial charge in [-0.2, -0.15) is 0 Å². The van der Waals surface area contributed by atoms with Gasteiger partial charge in [0.2, 0.25) is 0 Å². The third-order valence-corrected chi connectivity index (χ3v) is 4.37. The molecule has 0 saturated carbocycles. The summed E-state index contributed by atoms with van der Waals surface area (Å²) >= 11 is 3.51. The van der Waals surface area contributed by atoms with Crippen LogP contribution in [-0.4, -0.2) is 18.6 Å². The maximum absolute atomic E-state index is 12.1. The van der Waals surface area contributed by atoms with Crippen LogP contribution in [0.4, 0.5) is 0 Å². The van der Waals surface area contributed by atoms with E-state index in [1.165, 1.54) is 5.56 Å². The van der Waals surface area contributed by atoms with Crippen LogP contribution in [0.5, 0.6) is 5.75 Å². The highest BCUT2D eigenvalue weighted by atomic mass is 79.9. The zero-order valence-electron chi connectivity index (χ0n) is 14.4. The Hall–Kier alpha value is -1.03. The van der Waals surface area contributed by atoms with Gasteiger partial charge in [-0.15, -0.1) is 0 Å². The number of benzene rings is 1. The fraction of sp³-hybridized carbons (Fsp3) is 0.611. The second-order valence-electron chi connectivity index (χ2n) is 6.71. The number of amides is 1. The minimum atomic E-state index is -0.0766. The molecule has 4 heteroatoms. The van der Waals surface area contributed by atoms with Crippen molar-refractivity contribution in [3.05, 3.63) is 28.2 Å². The van der Waals surface area contributed by atoms with Crippen LogP contribution in [0.15, 0.2) is 22.7 Å². The van der Waals surface area contributed by atoms with E-state index in [1.807, 2.05) is 18.2 Å². The third-order valence-electron chi connectivity index (χ3n) is 3.75. The second-order valence-corrected chi connectivity index (χ2v) is 7.57. The average Bonchev–Trinajstić information content (AvgIpc) is 2.42. The van der Waals surface area contributed by atoms with E-state index < -0.39 is 0 Å². The monoisotopic (exact) mass is 369 g/mol. The van der Waals surface area contributed by atoms with Gasteiger partial charge in [-0.1, -0.05) is 47.6 Å². The minimum absolute atomic E-state index is 0.0373. The molecule has 0 unspecified atom stereocenters. The van der Waals surface area contributed by atoms with Gasteiger partial charge >= 0.3 is 0 Å². The molecule has 0 aliphatic rings. The molecule has 0 heterocycles. The van der Waals surface area contributed by atoms with Gasteiger partial charge in [-0.3, -0.25) is 4.79 Å². The molecule has 0 aromatic heterocycles. The molecule has 1 N–H and O–H groups in total. The van der Waals surface area contributed by atoms with Gasteiger partial charge in [-0.05, 0) is 51.4 Å². The average molecular weight is 370 g/mol. The van der Waals surface area contributed by atoms with E-state index in [2.05, 4.69) is 62.8 Å². The quantitative estimate of drug-likeness (QED) is 0.752. The van der Waals surface area contributed by atoms with Gasteiger partial charge in [0.05, 0.1) is 4.47 Å². The number of hydrogen-bond acceptors (Lipinski definition) is 2. The van der Waals surface area contributed by atoms with Crippen LogP contribution >= 0.6 is 15.9 Å². The molecule has 1 aromatic carbocycles. The van der Waals surface area contributed by atoms with E-state index in [9.17, 15) is 4.79 Å². The Morgan fingerprint density at radius 3 is 2.18 bits per heavy atom. The molecule has 0 fully saturated rings. The molecule has 0 spiro atoms. The molecule has 1 aromatic rings. The van der Waals surface area contributed by atoms with E-state index in [1.54, 1.807) is 0 Å². The molecular weight excluding hydrogens is 342 g/mol. The van der Waals surface area contributed by atoms with Gasteiger partial charge in [0.1, 0.15) is 5.75 Å². The van der Waals surface area contributed by atoms with Crippen molar-refractivity contribution < 1.29 is 9.53 Å². The van der Waals surface area contributed by atoms with Gasteiger partial charge in [0.25, 0.3) is 5.91 Å². The number of carbonyl (C=O) groups is 1. The Bertz CT molecular complexity index is 490. The highest BCUT2D eigenvalue weighted by Crippen LogP contribution is 2.28. The number of hydrogen-bond donors (Lipinski definition) is 1. The first-order valence-corrected chi connectivity index (χ1v) is 8.73. The van der Waals surface area contributed by atoms with Crippen molar-refractivity contribution in [1.29, 1.82) is 0 Å². The van der Waals surface area contributed by atoms with E-state index in [0.717, 1.165) is 4.47 Å². The molecule has 124 valence electrons. The van der Waals surface area contributed by atoms with Gasteiger partial charge in [0, 0.05) is 6.04 Å². The summed E-state index contributed by atoms with van der Waals surface area (Å²) in [7, 11) is 0. The van der Waals surface area contributed by atoms with Crippen molar-refractivity contribution >= 4 is 21.8 Å². The van der Waals surface area contributed by atoms with E-state index in [4.69, 9.17) is 4.74 Å². The summed E-state index contributed by atoms with van der Waals surface area (Å²) < 4.78 is 6.52. The molecule has 3 nitrogen and oxygen atoms in total. The van der Waals surface area contributed by atoms with Crippen LogP contribution in [-0.2, 0) is 4.79 Å². The first-order chi connectivity index (χ1) is 10.2. The molecule has 1 rings (SSSR count). The van der Waals surface area contributed by atoms with Crippen LogP contribution in [0, 0.1) is 11.8 Å². The second kappa shape index (κ2) is 8.56. The number of carbonyl (C=O) groups excluding carboxylic acids is 1. The Morgan fingerprint density at radius 1 is 1.14 bits per heavy atom. The lowest BCUT2D eigenvalue weighted by Crippen LogP contribution is -2.44. The molecule has 0 aliphatic carbocycles. The largest absolute Gasteiger partial charge is 0.483 e. The molecule has 0 radical (unpaired) electrons. The van der Waals surface area contributed by atoms with Crippen molar-refractivity contribution in [1.82, 2.24) is 5.32 Å². The molecule has 0 aliphatic heterocycles. The van der Waals surface area contributed by atoms with Crippen LogP contribution in [0.3, 0.4) is 0 Å². The van der Waals surface area contributed by atoms with Gasteiger partial charge in [0.15, 0.2) is 6.61 Å². The summed E-state index contributed by atoms with van der Waals surface area (Å²) in [5.74, 6) is 1.89. The number of halogens is 1. The molecule has 0 atom stereocenters. The Kier molecular flexibility index (Phi) is 7.40. The molecule has 22 heavy (non-hydrogen) atoms. The Morgan fingerprint density at radius 2 is 1.73 bits per heavy atom. The lowest BCUT2D eigenvalue weighted by atomic mass is 9.93. The van der Waals surface area contributed by atoms with Crippen molar-refractivity contribution in [3.8, 4) is 5.75 Å². The van der Waals surface area contributed by atoms with Crippen molar-refractivity contribution in [2.24, 2.45) is 11.8 Å². The zero-order chi connectivity index (χ0) is 16.9. The summed E-state index contributed by atoms with van der Waals surface area (Å²) in [4.78, 5) is 12.1. The number of ether oxygens (including phenoxy) is 1. The minimum Gasteiger partial charge on any atom is -0.483 e. The van der Waals surface area contributed by atoms with Crippen molar-refractivity contribution in [3.63, 3.8) is 0 Å². The number of rotatable bonds is 7. The van der Waals surface area contributed by atoms with Crippen LogP contribution in [0.25, 0.3) is 0 Å². The predicted octanol–water partition coefficient (Wildman–Crippen LogP) is 4.75. The Balaban J connectivity index is 2.61. The van der Waals surface area contributed by atoms with Gasteiger partial charge in [-0.25, -0.2) is 0 Å². The SMILES string of the molecule is CC(C)c1ccc(OCC(=O)NC(C(C)C)C(C)C)c(Br)c1. The summed E-state index contributed by atoms with van der Waals surface area (Å²) in [5.41, 5.74) is 1.24. The van der Waals surface area contributed by atoms with E-state index in [0.29, 0.717) is 23.5 Å². The standard InChI is InChI=1S/C18H28BrNO2/c1-11(2)14-7-8-16(15(19)9-14)22-10-17(21)20-18(12(3)4)13(5)6/h7-9,11-13,18H,10H2,1-6H3,(H,20,21). The normalized spacial score (nSPS) is 11.6. The highest BCUT2D eigenvalue weighted by molar-refractivity contribution is 9.10. The van der Waals surface area contributed by atoms with Crippen molar-refractivity contribution in [2.75, 3.05) is 6.61 Å². The third kappa shape index (κ3) is 5.64. The summed E-state index contributed by atoms with van der Waals surface area (Å²) in [5, 5.41) is 3.06. The fourth-order valence-electron chi connectivity index (χ4n) is 2.47. The van der Waals surface area contributed by atoms with Crippen LogP contribution in [0.1, 0.15) is 53.0 Å². The zero-order valence-corrected chi connectivity index (χ0v) is 16.0. The predicted molar refractivity (Wildman–Crippen MR) is 95.3 cm³/mol. The number of nitrogens with one attached hydrogen (secondary N) is 1. The lowest BCUT2D eigenvalue weighted by Gasteiger charge is -2.26. The van der Waals surface area contributed by atoms with Crippen LogP contribution < -0.4 is 10.1 Å².